The van der Waals surface area contributed by atoms with E-state index in [9.17, 15) is 30.6 Å². The Labute approximate surface area is 210 Å². The second kappa shape index (κ2) is 17.1. The zero-order chi connectivity index (χ0) is 24.3. The number of nitrogens with zero attached hydrogens (tertiary/aromatic N) is 1. The molecule has 0 unspecified atom stereocenters. The summed E-state index contributed by atoms with van der Waals surface area (Å²) in [7, 11) is 0. The SMILES string of the molecule is Cl.OC[C@@H](O)[C@H](O)[C@@H](O)CN(CCOc1ccc(CS)c(CS)c1)C[C@H](O)[C@@H](O)[C@H](O)CO. The van der Waals surface area contributed by atoms with Crippen molar-refractivity contribution in [1.29, 1.82) is 0 Å². The minimum Gasteiger partial charge on any atom is -0.492 e. The number of aliphatic hydroxyl groups is 8. The molecule has 1 aromatic rings. The molecule has 0 heterocycles. The van der Waals surface area contributed by atoms with Gasteiger partial charge in [-0.3, -0.25) is 4.90 Å². The number of halogens is 1. The van der Waals surface area contributed by atoms with Crippen molar-refractivity contribution in [3.05, 3.63) is 29.3 Å². The van der Waals surface area contributed by atoms with Gasteiger partial charge >= 0.3 is 0 Å². The molecule has 8 N–H and O–H groups in total. The van der Waals surface area contributed by atoms with Gasteiger partial charge < -0.3 is 45.6 Å². The van der Waals surface area contributed by atoms with E-state index in [1.165, 1.54) is 4.90 Å². The van der Waals surface area contributed by atoms with Crippen LogP contribution in [-0.4, -0.2) is 122 Å². The molecule has 0 aliphatic heterocycles. The van der Waals surface area contributed by atoms with Crippen LogP contribution in [0.5, 0.6) is 5.75 Å². The average molecular weight is 534 g/mol. The van der Waals surface area contributed by atoms with Crippen LogP contribution >= 0.6 is 37.7 Å². The van der Waals surface area contributed by atoms with Crippen molar-refractivity contribution in [1.82, 2.24) is 4.90 Å². The summed E-state index contributed by atoms with van der Waals surface area (Å²) in [4.78, 5) is 1.46. The lowest BCUT2D eigenvalue weighted by molar-refractivity contribution is -0.101. The molecule has 33 heavy (non-hydrogen) atoms. The molecule has 0 aromatic heterocycles. The van der Waals surface area contributed by atoms with Gasteiger partial charge in [-0.1, -0.05) is 6.07 Å². The molecule has 0 spiro atoms. The molecule has 0 bridgehead atoms. The van der Waals surface area contributed by atoms with Crippen LogP contribution in [0.25, 0.3) is 0 Å². The van der Waals surface area contributed by atoms with Gasteiger partial charge in [-0.25, -0.2) is 0 Å². The molecule has 1 aromatic carbocycles. The van der Waals surface area contributed by atoms with Crippen molar-refractivity contribution >= 4 is 37.7 Å². The third kappa shape index (κ3) is 10.8. The maximum Gasteiger partial charge on any atom is 0.119 e. The van der Waals surface area contributed by atoms with E-state index in [1.807, 2.05) is 12.1 Å². The molecule has 0 amide bonds. The van der Waals surface area contributed by atoms with Gasteiger partial charge in [-0.15, -0.1) is 12.4 Å². The minimum atomic E-state index is -1.64. The fraction of sp³-hybridized carbons (Fsp3) is 0.700. The Hall–Kier alpha value is -0.350. The maximum atomic E-state index is 10.2. The minimum absolute atomic E-state index is 0. The predicted octanol–water partition coefficient (Wildman–Crippen LogP) is -2.20. The maximum absolute atomic E-state index is 10.2. The number of aliphatic hydroxyl groups excluding tert-OH is 8. The summed E-state index contributed by atoms with van der Waals surface area (Å²) in [5.41, 5.74) is 1.99. The van der Waals surface area contributed by atoms with Crippen LogP contribution in [0.2, 0.25) is 0 Å². The average Bonchev–Trinajstić information content (AvgIpc) is 2.81. The zero-order valence-corrected chi connectivity index (χ0v) is 20.7. The quantitative estimate of drug-likeness (QED) is 0.105. The molecule has 0 aliphatic rings. The van der Waals surface area contributed by atoms with Crippen molar-refractivity contribution in [2.45, 2.75) is 48.1 Å². The summed E-state index contributed by atoms with van der Waals surface area (Å²) in [5.74, 6) is 1.64. The number of thiol groups is 2. The van der Waals surface area contributed by atoms with E-state index in [0.29, 0.717) is 17.3 Å². The van der Waals surface area contributed by atoms with E-state index in [1.54, 1.807) is 6.07 Å². The van der Waals surface area contributed by atoms with Crippen molar-refractivity contribution in [3.8, 4) is 5.75 Å². The van der Waals surface area contributed by atoms with Gasteiger partial charge in [-0.2, -0.15) is 25.3 Å². The van der Waals surface area contributed by atoms with Crippen LogP contribution in [0, 0.1) is 0 Å². The van der Waals surface area contributed by atoms with Crippen molar-refractivity contribution in [2.24, 2.45) is 0 Å². The Kier molecular flexibility index (Phi) is 17.0. The van der Waals surface area contributed by atoms with Crippen LogP contribution in [0.4, 0.5) is 0 Å². The molecule has 13 heteroatoms. The highest BCUT2D eigenvalue weighted by atomic mass is 35.5. The van der Waals surface area contributed by atoms with E-state index < -0.39 is 49.8 Å². The number of ether oxygens (including phenoxy) is 1. The summed E-state index contributed by atoms with van der Waals surface area (Å²) < 4.78 is 5.73. The lowest BCUT2D eigenvalue weighted by Gasteiger charge is -2.32. The first-order chi connectivity index (χ1) is 15.2. The summed E-state index contributed by atoms with van der Waals surface area (Å²) in [6.45, 7) is -1.71. The molecular formula is C20H36ClNO9S2. The third-order valence-corrected chi connectivity index (χ3v) is 5.72. The van der Waals surface area contributed by atoms with Crippen molar-refractivity contribution in [2.75, 3.05) is 39.5 Å². The normalized spacial score (nSPS) is 17.1. The van der Waals surface area contributed by atoms with E-state index in [4.69, 9.17) is 14.9 Å². The first kappa shape index (κ1) is 32.7. The molecule has 0 saturated carbocycles. The highest BCUT2D eigenvalue weighted by Crippen LogP contribution is 2.21. The standard InChI is InChI=1S/C20H35NO9S2.ClH/c22-8-17(26)19(28)15(24)6-21(7-16(25)20(29)18(27)9-23)3-4-30-14-2-1-12(10-31)13(5-14)11-32;/h1-2,5,15-20,22-29,31-32H,3-4,6-11H2;1H/t15-,16-,17+,18+,19+,20+;/m0./s1. The third-order valence-electron chi connectivity index (χ3n) is 5.04. The van der Waals surface area contributed by atoms with Gasteiger partial charge in [0, 0.05) is 31.1 Å². The van der Waals surface area contributed by atoms with Crippen molar-refractivity contribution < 1.29 is 45.6 Å². The lowest BCUT2D eigenvalue weighted by atomic mass is 10.1. The van der Waals surface area contributed by atoms with Crippen molar-refractivity contribution in [3.63, 3.8) is 0 Å². The molecule has 0 saturated heterocycles. The molecule has 0 fully saturated rings. The Balaban J connectivity index is 0.0000102. The Bertz CT molecular complexity index is 640. The predicted molar refractivity (Wildman–Crippen MR) is 131 cm³/mol. The van der Waals surface area contributed by atoms with Gasteiger partial charge in [0.05, 0.1) is 25.4 Å². The second-order valence-electron chi connectivity index (χ2n) is 7.47. The molecular weight excluding hydrogens is 498 g/mol. The number of hydrogen-bond acceptors (Lipinski definition) is 12. The molecule has 10 nitrogen and oxygen atoms in total. The van der Waals surface area contributed by atoms with Crippen LogP contribution in [-0.2, 0) is 11.5 Å². The van der Waals surface area contributed by atoms with E-state index in [-0.39, 0.29) is 38.6 Å². The Morgan fingerprint density at radius 3 is 1.67 bits per heavy atom. The number of rotatable bonds is 16. The second-order valence-corrected chi connectivity index (χ2v) is 8.10. The summed E-state index contributed by atoms with van der Waals surface area (Å²) >= 11 is 8.56. The Morgan fingerprint density at radius 1 is 0.758 bits per heavy atom. The summed E-state index contributed by atoms with van der Waals surface area (Å²) in [6, 6.07) is 5.48. The summed E-state index contributed by atoms with van der Waals surface area (Å²) in [6.07, 6.45) is -9.34. The highest BCUT2D eigenvalue weighted by molar-refractivity contribution is 7.79. The molecule has 0 radical (unpaired) electrons. The van der Waals surface area contributed by atoms with E-state index in [2.05, 4.69) is 25.3 Å². The summed E-state index contributed by atoms with van der Waals surface area (Å²) in [5, 5.41) is 77.1. The van der Waals surface area contributed by atoms with Crippen LogP contribution in [0.1, 0.15) is 11.1 Å². The molecule has 1 rings (SSSR count). The zero-order valence-electron chi connectivity index (χ0n) is 18.1. The molecule has 0 aliphatic carbocycles. The van der Waals surface area contributed by atoms with Crippen LogP contribution < -0.4 is 4.74 Å². The number of benzene rings is 1. The Morgan fingerprint density at radius 2 is 1.24 bits per heavy atom. The topological polar surface area (TPSA) is 174 Å². The molecule has 6 atom stereocenters. The highest BCUT2D eigenvalue weighted by Gasteiger charge is 2.30. The monoisotopic (exact) mass is 533 g/mol. The van der Waals surface area contributed by atoms with E-state index in [0.717, 1.165) is 11.1 Å². The fourth-order valence-electron chi connectivity index (χ4n) is 3.02. The smallest absolute Gasteiger partial charge is 0.119 e. The first-order valence-corrected chi connectivity index (χ1v) is 11.4. The van der Waals surface area contributed by atoms with E-state index >= 15 is 0 Å². The number of hydrogen-bond donors (Lipinski definition) is 10. The van der Waals surface area contributed by atoms with Gasteiger partial charge in [0.25, 0.3) is 0 Å². The largest absolute Gasteiger partial charge is 0.492 e. The van der Waals surface area contributed by atoms with Gasteiger partial charge in [0.2, 0.25) is 0 Å². The lowest BCUT2D eigenvalue weighted by Crippen LogP contribution is -2.51. The van der Waals surface area contributed by atoms with Crippen LogP contribution in [0.15, 0.2) is 18.2 Å². The van der Waals surface area contributed by atoms with Gasteiger partial charge in [-0.05, 0) is 23.3 Å². The van der Waals surface area contributed by atoms with Crippen LogP contribution in [0.3, 0.4) is 0 Å². The van der Waals surface area contributed by atoms with Gasteiger partial charge in [0.15, 0.2) is 0 Å². The fourth-order valence-corrected chi connectivity index (χ4v) is 3.62. The first-order valence-electron chi connectivity index (χ1n) is 10.2. The molecule has 194 valence electrons. The van der Waals surface area contributed by atoms with Gasteiger partial charge in [0.1, 0.15) is 36.8 Å².